The molecule has 0 aliphatic rings. The number of thiocarbonyl (C=S) groups is 1. The molecule has 0 amide bonds. The lowest BCUT2D eigenvalue weighted by Gasteiger charge is -2.13. The number of aliphatic hydroxyl groups excluding tert-OH is 2. The molecule has 3 rings (SSSR count). The van der Waals surface area contributed by atoms with Gasteiger partial charge in [-0.1, -0.05) is 42.5 Å². The van der Waals surface area contributed by atoms with Gasteiger partial charge in [0.2, 0.25) is 0 Å². The van der Waals surface area contributed by atoms with Crippen molar-refractivity contribution in [2.24, 2.45) is 11.7 Å². The molecule has 7 heteroatoms. The highest BCUT2D eigenvalue weighted by Gasteiger charge is 2.17. The van der Waals surface area contributed by atoms with Crippen LogP contribution < -0.4 is 5.73 Å². The fourth-order valence-electron chi connectivity index (χ4n) is 3.26. The Labute approximate surface area is 167 Å². The van der Waals surface area contributed by atoms with E-state index in [0.717, 1.165) is 27.6 Å². The Morgan fingerprint density at radius 3 is 2.54 bits per heavy atom. The molecule has 148 valence electrons. The van der Waals surface area contributed by atoms with E-state index >= 15 is 0 Å². The zero-order valence-electron chi connectivity index (χ0n) is 15.2. The number of alkyl halides is 2. The summed E-state index contributed by atoms with van der Waals surface area (Å²) in [5, 5.41) is 20.1. The Balaban J connectivity index is 2.17. The van der Waals surface area contributed by atoms with Crippen molar-refractivity contribution in [1.29, 1.82) is 0 Å². The van der Waals surface area contributed by atoms with Crippen LogP contribution in [-0.2, 0) is 6.54 Å². The van der Waals surface area contributed by atoms with Gasteiger partial charge in [-0.05, 0) is 23.3 Å². The van der Waals surface area contributed by atoms with Crippen molar-refractivity contribution < 1.29 is 19.0 Å². The molecule has 0 saturated carbocycles. The first-order chi connectivity index (χ1) is 13.5. The molecule has 0 bridgehead atoms. The van der Waals surface area contributed by atoms with Crippen LogP contribution in [0.1, 0.15) is 17.2 Å². The number of nitrogens with two attached hydrogens (primary N) is 1. The van der Waals surface area contributed by atoms with E-state index in [1.807, 2.05) is 36.5 Å². The second-order valence-electron chi connectivity index (χ2n) is 6.79. The van der Waals surface area contributed by atoms with Gasteiger partial charge in [0.1, 0.15) is 11.1 Å². The minimum atomic E-state index is -1.02. The summed E-state index contributed by atoms with van der Waals surface area (Å²) in [6.07, 6.45) is 0.823. The highest BCUT2D eigenvalue weighted by atomic mass is 32.1. The topological polar surface area (TPSA) is 71.4 Å². The molecular formula is C21H22F2N2O2S. The van der Waals surface area contributed by atoms with Gasteiger partial charge in [-0.2, -0.15) is 0 Å². The number of hydrogen-bond donors (Lipinski definition) is 3. The first-order valence-electron chi connectivity index (χ1n) is 8.92. The summed E-state index contributed by atoms with van der Waals surface area (Å²) in [4.78, 5) is 0.286. The van der Waals surface area contributed by atoms with E-state index in [2.05, 4.69) is 0 Å². The first kappa shape index (κ1) is 20.4. The molecular weight excluding hydrogens is 382 g/mol. The van der Waals surface area contributed by atoms with Crippen LogP contribution in [-0.4, -0.2) is 39.7 Å². The Morgan fingerprint density at radius 2 is 1.89 bits per heavy atom. The molecule has 3 aromatic rings. The zero-order chi connectivity index (χ0) is 20.3. The highest BCUT2D eigenvalue weighted by Crippen LogP contribution is 2.33. The molecule has 4 nitrogen and oxygen atoms in total. The van der Waals surface area contributed by atoms with Crippen LogP contribution in [0.25, 0.3) is 22.0 Å². The van der Waals surface area contributed by atoms with Crippen molar-refractivity contribution >= 4 is 28.1 Å². The largest absolute Gasteiger partial charge is 0.393 e. The molecule has 4 N–H and O–H groups in total. The lowest BCUT2D eigenvalue weighted by atomic mass is 10.0. The number of rotatable bonds is 8. The molecule has 0 saturated heterocycles. The maximum atomic E-state index is 13.1. The predicted octanol–water partition coefficient (Wildman–Crippen LogP) is 3.52. The summed E-state index contributed by atoms with van der Waals surface area (Å²) in [6.45, 7) is -1.77. The number of hydrogen-bond acceptors (Lipinski definition) is 3. The van der Waals surface area contributed by atoms with Crippen LogP contribution in [0.2, 0.25) is 0 Å². The maximum Gasteiger partial charge on any atom is 0.104 e. The van der Waals surface area contributed by atoms with E-state index in [1.54, 1.807) is 16.7 Å². The van der Waals surface area contributed by atoms with Crippen LogP contribution in [0.4, 0.5) is 8.78 Å². The van der Waals surface area contributed by atoms with Gasteiger partial charge in [0, 0.05) is 40.7 Å². The third-order valence-corrected chi connectivity index (χ3v) is 5.05. The third kappa shape index (κ3) is 4.06. The summed E-state index contributed by atoms with van der Waals surface area (Å²) in [6, 6.07) is 12.8. The van der Waals surface area contributed by atoms with Gasteiger partial charge in [0.15, 0.2) is 0 Å². The quantitative estimate of drug-likeness (QED) is 0.503. The van der Waals surface area contributed by atoms with E-state index < -0.39 is 32.0 Å². The number of aromatic nitrogens is 1. The molecule has 28 heavy (non-hydrogen) atoms. The standard InChI is InChI=1S/C21H22F2N2O2S/c22-8-13(9-23)10-25-11-18(14-2-1-3-16(6-14)21(24)28)17-5-4-15(7-19(17)25)20(27)12-26/h1-7,11,13,20,26-27H,8-10,12H2,(H2,24,28). The summed E-state index contributed by atoms with van der Waals surface area (Å²) in [5.41, 5.74) is 9.48. The fourth-order valence-corrected chi connectivity index (χ4v) is 3.39. The van der Waals surface area contributed by atoms with Crippen molar-refractivity contribution in [1.82, 2.24) is 4.57 Å². The fraction of sp³-hybridized carbons (Fsp3) is 0.286. The Hall–Kier alpha value is -2.35. The van der Waals surface area contributed by atoms with Crippen molar-refractivity contribution in [3.63, 3.8) is 0 Å². The Morgan fingerprint density at radius 1 is 1.14 bits per heavy atom. The minimum absolute atomic E-state index is 0.164. The second-order valence-corrected chi connectivity index (χ2v) is 7.23. The normalized spacial score (nSPS) is 12.6. The predicted molar refractivity (Wildman–Crippen MR) is 111 cm³/mol. The second kappa shape index (κ2) is 8.77. The summed E-state index contributed by atoms with van der Waals surface area (Å²) in [7, 11) is 0. The number of fused-ring (bicyclic) bond motifs is 1. The monoisotopic (exact) mass is 404 g/mol. The molecule has 1 atom stereocenters. The average molecular weight is 404 g/mol. The molecule has 0 aliphatic carbocycles. The van der Waals surface area contributed by atoms with Crippen molar-refractivity contribution in [3.8, 4) is 11.1 Å². The van der Waals surface area contributed by atoms with Gasteiger partial charge < -0.3 is 20.5 Å². The molecule has 1 unspecified atom stereocenters. The Kier molecular flexibility index (Phi) is 6.39. The van der Waals surface area contributed by atoms with Gasteiger partial charge >= 0.3 is 0 Å². The highest BCUT2D eigenvalue weighted by molar-refractivity contribution is 7.80. The molecule has 0 spiro atoms. The first-order valence-corrected chi connectivity index (χ1v) is 9.33. The van der Waals surface area contributed by atoms with Crippen LogP contribution in [0.15, 0.2) is 48.7 Å². The van der Waals surface area contributed by atoms with Crippen molar-refractivity contribution in [2.75, 3.05) is 20.0 Å². The van der Waals surface area contributed by atoms with Gasteiger partial charge in [-0.15, -0.1) is 0 Å². The summed E-state index contributed by atoms with van der Waals surface area (Å²) >= 11 is 5.06. The molecule has 0 radical (unpaired) electrons. The lowest BCUT2D eigenvalue weighted by Crippen LogP contribution is -2.14. The van der Waals surface area contributed by atoms with Crippen molar-refractivity contribution in [3.05, 3.63) is 59.8 Å². The lowest BCUT2D eigenvalue weighted by molar-refractivity contribution is 0.0957. The van der Waals surface area contributed by atoms with Crippen LogP contribution in [0.5, 0.6) is 0 Å². The van der Waals surface area contributed by atoms with E-state index in [0.29, 0.717) is 5.56 Å². The van der Waals surface area contributed by atoms with E-state index in [-0.39, 0.29) is 11.5 Å². The van der Waals surface area contributed by atoms with Gasteiger partial charge in [-0.3, -0.25) is 8.78 Å². The number of benzene rings is 2. The average Bonchev–Trinajstić information content (AvgIpc) is 3.09. The molecule has 0 fully saturated rings. The zero-order valence-corrected chi connectivity index (χ0v) is 16.0. The van der Waals surface area contributed by atoms with Gasteiger partial charge in [0.25, 0.3) is 0 Å². The minimum Gasteiger partial charge on any atom is -0.393 e. The SMILES string of the molecule is NC(=S)c1cccc(-c2cn(CC(CF)CF)c3cc(C(O)CO)ccc23)c1. The van der Waals surface area contributed by atoms with Crippen LogP contribution in [0.3, 0.4) is 0 Å². The van der Waals surface area contributed by atoms with E-state index in [1.165, 1.54) is 0 Å². The number of nitrogens with zero attached hydrogens (tertiary/aromatic N) is 1. The summed E-state index contributed by atoms with van der Waals surface area (Å²) in [5.74, 6) is -0.752. The molecule has 0 aliphatic heterocycles. The smallest absolute Gasteiger partial charge is 0.104 e. The number of aliphatic hydroxyl groups is 2. The van der Waals surface area contributed by atoms with Crippen LogP contribution >= 0.6 is 12.2 Å². The number of halogens is 2. The van der Waals surface area contributed by atoms with Gasteiger partial charge in [0.05, 0.1) is 20.0 Å². The maximum absolute atomic E-state index is 13.1. The molecule has 1 aromatic heterocycles. The molecule has 2 aromatic carbocycles. The van der Waals surface area contributed by atoms with Crippen LogP contribution in [0, 0.1) is 5.92 Å². The summed E-state index contributed by atoms with van der Waals surface area (Å²) < 4.78 is 28.0. The Bertz CT molecular complexity index is 986. The van der Waals surface area contributed by atoms with Crippen molar-refractivity contribution in [2.45, 2.75) is 12.6 Å². The van der Waals surface area contributed by atoms with E-state index in [4.69, 9.17) is 18.0 Å². The molecule has 1 heterocycles. The van der Waals surface area contributed by atoms with Gasteiger partial charge in [-0.25, -0.2) is 0 Å². The third-order valence-electron chi connectivity index (χ3n) is 4.81. The van der Waals surface area contributed by atoms with E-state index in [9.17, 15) is 19.0 Å².